The number of hydrogen-bond acceptors (Lipinski definition) is 2. The molecule has 1 aromatic carbocycles. The molecular formula is C19H27NO2. The summed E-state index contributed by atoms with van der Waals surface area (Å²) in [6.45, 7) is 2.26. The van der Waals surface area contributed by atoms with Gasteiger partial charge in [-0.3, -0.25) is 4.79 Å². The highest BCUT2D eigenvalue weighted by molar-refractivity contribution is 5.90. The molecule has 3 rings (SSSR count). The van der Waals surface area contributed by atoms with Crippen LogP contribution in [-0.4, -0.2) is 19.1 Å². The minimum atomic E-state index is -0.371. The van der Waals surface area contributed by atoms with E-state index in [-0.39, 0.29) is 11.3 Å². The molecule has 0 saturated heterocycles. The fraction of sp³-hybridized carbons (Fsp3) is 0.632. The number of hydrogen-bond donors (Lipinski definition) is 1. The van der Waals surface area contributed by atoms with Crippen LogP contribution in [0.2, 0.25) is 0 Å². The Balaban J connectivity index is 1.82. The second kappa shape index (κ2) is 6.31. The van der Waals surface area contributed by atoms with Crippen LogP contribution in [0.25, 0.3) is 0 Å². The van der Waals surface area contributed by atoms with E-state index in [1.807, 2.05) is 18.2 Å². The molecule has 1 aromatic rings. The van der Waals surface area contributed by atoms with Crippen LogP contribution in [0, 0.1) is 5.92 Å². The van der Waals surface area contributed by atoms with Crippen molar-refractivity contribution >= 4 is 5.91 Å². The number of nitrogens with one attached hydrogen (secondary N) is 1. The van der Waals surface area contributed by atoms with Gasteiger partial charge < -0.3 is 10.1 Å². The third-order valence-corrected chi connectivity index (χ3v) is 5.69. The summed E-state index contributed by atoms with van der Waals surface area (Å²) in [6.07, 6.45) is 7.86. The molecule has 2 unspecified atom stereocenters. The molecule has 0 aliphatic heterocycles. The molecule has 2 atom stereocenters. The molecule has 22 heavy (non-hydrogen) atoms. The first kappa shape index (κ1) is 15.4. The van der Waals surface area contributed by atoms with Crippen molar-refractivity contribution in [1.82, 2.24) is 5.32 Å². The van der Waals surface area contributed by atoms with E-state index in [1.165, 1.54) is 19.3 Å². The number of amides is 1. The molecule has 2 aliphatic carbocycles. The van der Waals surface area contributed by atoms with E-state index in [0.29, 0.717) is 12.0 Å². The van der Waals surface area contributed by atoms with Gasteiger partial charge >= 0.3 is 0 Å². The summed E-state index contributed by atoms with van der Waals surface area (Å²) >= 11 is 0. The summed E-state index contributed by atoms with van der Waals surface area (Å²) in [5, 5.41) is 3.37. The highest BCUT2D eigenvalue weighted by Crippen LogP contribution is 2.47. The highest BCUT2D eigenvalue weighted by Gasteiger charge is 2.48. The largest absolute Gasteiger partial charge is 0.496 e. The van der Waals surface area contributed by atoms with Crippen LogP contribution >= 0.6 is 0 Å². The molecule has 0 spiro atoms. The monoisotopic (exact) mass is 301 g/mol. The molecule has 3 heteroatoms. The van der Waals surface area contributed by atoms with Crippen LogP contribution in [0.5, 0.6) is 5.75 Å². The van der Waals surface area contributed by atoms with Crippen molar-refractivity contribution in [3.63, 3.8) is 0 Å². The summed E-state index contributed by atoms with van der Waals surface area (Å²) < 4.78 is 5.51. The lowest BCUT2D eigenvalue weighted by Gasteiger charge is -2.43. The van der Waals surface area contributed by atoms with Gasteiger partial charge in [0.05, 0.1) is 12.5 Å². The normalized spacial score (nSPS) is 26.8. The maximum absolute atomic E-state index is 13.1. The molecule has 3 nitrogen and oxygen atoms in total. The topological polar surface area (TPSA) is 38.3 Å². The summed E-state index contributed by atoms with van der Waals surface area (Å²) in [6, 6.07) is 8.34. The third kappa shape index (κ3) is 2.62. The van der Waals surface area contributed by atoms with Crippen molar-refractivity contribution in [3.05, 3.63) is 29.8 Å². The summed E-state index contributed by atoms with van der Waals surface area (Å²) in [5.41, 5.74) is 0.689. The second-order valence-electron chi connectivity index (χ2n) is 6.98. The first-order valence-electron chi connectivity index (χ1n) is 8.62. The molecule has 2 aliphatic rings. The Morgan fingerprint density at radius 2 is 1.91 bits per heavy atom. The van der Waals surface area contributed by atoms with Crippen molar-refractivity contribution in [3.8, 4) is 5.75 Å². The number of benzene rings is 1. The number of methoxy groups -OCH3 is 1. The number of carbonyl (C=O) groups is 1. The van der Waals surface area contributed by atoms with Crippen molar-refractivity contribution in [2.75, 3.05) is 7.11 Å². The quantitative estimate of drug-likeness (QED) is 0.918. The molecule has 1 amide bonds. The standard InChI is InChI=1S/C19H27NO2/c1-14-8-3-5-10-16(14)20-18(21)19(12-7-13-19)15-9-4-6-11-17(15)22-2/h4,6,9,11,14,16H,3,5,7-8,10,12-13H2,1-2H3,(H,20,21). The van der Waals surface area contributed by atoms with Crippen LogP contribution in [0.4, 0.5) is 0 Å². The van der Waals surface area contributed by atoms with E-state index in [9.17, 15) is 4.79 Å². The molecule has 1 N–H and O–H groups in total. The predicted octanol–water partition coefficient (Wildman–Crippen LogP) is 3.81. The fourth-order valence-corrected chi connectivity index (χ4v) is 4.03. The summed E-state index contributed by atoms with van der Waals surface area (Å²) in [7, 11) is 1.69. The van der Waals surface area contributed by atoms with Gasteiger partial charge in [-0.05, 0) is 37.7 Å². The average Bonchev–Trinajstić information content (AvgIpc) is 2.49. The van der Waals surface area contributed by atoms with Gasteiger partial charge in [-0.25, -0.2) is 0 Å². The first-order valence-corrected chi connectivity index (χ1v) is 8.62. The van der Waals surface area contributed by atoms with E-state index in [4.69, 9.17) is 4.74 Å². The summed E-state index contributed by atoms with van der Waals surface area (Å²) in [4.78, 5) is 13.1. The average molecular weight is 301 g/mol. The van der Waals surface area contributed by atoms with E-state index in [1.54, 1.807) is 7.11 Å². The number of carbonyl (C=O) groups excluding carboxylic acids is 1. The van der Waals surface area contributed by atoms with Gasteiger partial charge in [0.15, 0.2) is 0 Å². The Morgan fingerprint density at radius 1 is 1.18 bits per heavy atom. The van der Waals surface area contributed by atoms with E-state index >= 15 is 0 Å². The van der Waals surface area contributed by atoms with Gasteiger partial charge in [-0.2, -0.15) is 0 Å². The first-order chi connectivity index (χ1) is 10.7. The van der Waals surface area contributed by atoms with Crippen LogP contribution in [-0.2, 0) is 10.2 Å². The van der Waals surface area contributed by atoms with E-state index in [2.05, 4.69) is 18.3 Å². The maximum Gasteiger partial charge on any atom is 0.231 e. The van der Waals surface area contributed by atoms with E-state index < -0.39 is 0 Å². The minimum absolute atomic E-state index is 0.210. The van der Waals surface area contributed by atoms with Crippen LogP contribution in [0.15, 0.2) is 24.3 Å². The van der Waals surface area contributed by atoms with Gasteiger partial charge in [0.2, 0.25) is 5.91 Å². The number of rotatable bonds is 4. The molecule has 2 saturated carbocycles. The lowest BCUT2D eigenvalue weighted by atomic mass is 9.63. The molecule has 2 fully saturated rings. The fourth-order valence-electron chi connectivity index (χ4n) is 4.03. The van der Waals surface area contributed by atoms with Crippen molar-refractivity contribution < 1.29 is 9.53 Å². The Hall–Kier alpha value is -1.51. The van der Waals surface area contributed by atoms with Crippen LogP contribution in [0.1, 0.15) is 57.4 Å². The molecule has 0 aromatic heterocycles. The molecular weight excluding hydrogens is 274 g/mol. The van der Waals surface area contributed by atoms with Gasteiger partial charge in [-0.15, -0.1) is 0 Å². The molecule has 0 heterocycles. The Bertz CT molecular complexity index is 536. The maximum atomic E-state index is 13.1. The highest BCUT2D eigenvalue weighted by atomic mass is 16.5. The Labute approximate surface area is 133 Å². The van der Waals surface area contributed by atoms with Gasteiger partial charge in [0.25, 0.3) is 0 Å². The van der Waals surface area contributed by atoms with Gasteiger partial charge in [0, 0.05) is 11.6 Å². The molecule has 0 radical (unpaired) electrons. The zero-order chi connectivity index (χ0) is 15.6. The van der Waals surface area contributed by atoms with Gasteiger partial charge in [-0.1, -0.05) is 44.4 Å². The van der Waals surface area contributed by atoms with Crippen LogP contribution < -0.4 is 10.1 Å². The second-order valence-corrected chi connectivity index (χ2v) is 6.98. The van der Waals surface area contributed by atoms with Crippen molar-refractivity contribution in [2.24, 2.45) is 5.92 Å². The predicted molar refractivity (Wildman–Crippen MR) is 88.1 cm³/mol. The van der Waals surface area contributed by atoms with E-state index in [0.717, 1.165) is 37.0 Å². The molecule has 120 valence electrons. The molecule has 0 bridgehead atoms. The minimum Gasteiger partial charge on any atom is -0.496 e. The van der Waals surface area contributed by atoms with Crippen LogP contribution in [0.3, 0.4) is 0 Å². The lowest BCUT2D eigenvalue weighted by Crippen LogP contribution is -2.53. The Morgan fingerprint density at radius 3 is 2.55 bits per heavy atom. The summed E-state index contributed by atoms with van der Waals surface area (Å²) in [5.74, 6) is 1.64. The van der Waals surface area contributed by atoms with Crippen molar-refractivity contribution in [2.45, 2.75) is 63.3 Å². The van der Waals surface area contributed by atoms with Crippen molar-refractivity contribution in [1.29, 1.82) is 0 Å². The third-order valence-electron chi connectivity index (χ3n) is 5.69. The Kier molecular flexibility index (Phi) is 4.42. The van der Waals surface area contributed by atoms with Gasteiger partial charge in [0.1, 0.15) is 5.75 Å². The smallest absolute Gasteiger partial charge is 0.231 e. The zero-order valence-electron chi connectivity index (χ0n) is 13.7. The number of ether oxygens (including phenoxy) is 1. The number of para-hydroxylation sites is 1. The lowest BCUT2D eigenvalue weighted by molar-refractivity contribution is -0.131. The SMILES string of the molecule is COc1ccccc1C1(C(=O)NC2CCCCC2C)CCC1. The zero-order valence-corrected chi connectivity index (χ0v) is 13.7.